The molecule has 0 spiro atoms. The maximum atomic E-state index is 12.0. The van der Waals surface area contributed by atoms with Crippen molar-refractivity contribution in [2.24, 2.45) is 0 Å². The molecule has 0 aliphatic heterocycles. The summed E-state index contributed by atoms with van der Waals surface area (Å²) in [7, 11) is 0. The second-order valence-electron chi connectivity index (χ2n) is 7.00. The van der Waals surface area contributed by atoms with Gasteiger partial charge in [0.2, 0.25) is 0 Å². The minimum atomic E-state index is -0.541. The number of benzene rings is 1. The number of alkyl carbamates (subject to hydrolysis) is 2. The molecule has 0 saturated heterocycles. The maximum absolute atomic E-state index is 12.0. The number of rotatable bonds is 4. The van der Waals surface area contributed by atoms with E-state index in [4.69, 9.17) is 9.47 Å². The first-order chi connectivity index (χ1) is 11.3. The van der Waals surface area contributed by atoms with Crippen LogP contribution in [0.2, 0.25) is 0 Å². The van der Waals surface area contributed by atoms with E-state index in [0.717, 1.165) is 24.8 Å². The van der Waals surface area contributed by atoms with E-state index in [2.05, 4.69) is 10.6 Å². The van der Waals surface area contributed by atoms with Crippen molar-refractivity contribution >= 4 is 12.2 Å². The Balaban J connectivity index is 1.78. The van der Waals surface area contributed by atoms with Crippen molar-refractivity contribution in [2.75, 3.05) is 0 Å². The Hall–Kier alpha value is -2.24. The first-order valence-corrected chi connectivity index (χ1v) is 8.30. The van der Waals surface area contributed by atoms with Gasteiger partial charge in [-0.3, -0.25) is 0 Å². The van der Waals surface area contributed by atoms with E-state index in [9.17, 15) is 9.59 Å². The topological polar surface area (TPSA) is 76.7 Å². The van der Waals surface area contributed by atoms with Gasteiger partial charge in [0, 0.05) is 0 Å². The molecule has 0 radical (unpaired) electrons. The van der Waals surface area contributed by atoms with Crippen molar-refractivity contribution in [3.05, 3.63) is 35.9 Å². The largest absolute Gasteiger partial charge is 0.445 e. The Labute approximate surface area is 142 Å². The van der Waals surface area contributed by atoms with E-state index < -0.39 is 17.8 Å². The van der Waals surface area contributed by atoms with Gasteiger partial charge in [-0.25, -0.2) is 9.59 Å². The molecule has 1 aromatic carbocycles. The van der Waals surface area contributed by atoms with Gasteiger partial charge < -0.3 is 20.1 Å². The summed E-state index contributed by atoms with van der Waals surface area (Å²) in [4.78, 5) is 23.8. The van der Waals surface area contributed by atoms with Gasteiger partial charge in [-0.05, 0) is 45.6 Å². The first-order valence-electron chi connectivity index (χ1n) is 8.30. The van der Waals surface area contributed by atoms with Crippen LogP contribution in [-0.4, -0.2) is 29.9 Å². The summed E-state index contributed by atoms with van der Waals surface area (Å²) < 4.78 is 10.5. The van der Waals surface area contributed by atoms with Crippen LogP contribution in [0.3, 0.4) is 0 Å². The van der Waals surface area contributed by atoms with Gasteiger partial charge in [0.25, 0.3) is 0 Å². The minimum absolute atomic E-state index is 0.135. The molecule has 1 fully saturated rings. The summed E-state index contributed by atoms with van der Waals surface area (Å²) >= 11 is 0. The number of nitrogens with one attached hydrogen (secondary N) is 2. The van der Waals surface area contributed by atoms with E-state index in [-0.39, 0.29) is 18.7 Å². The van der Waals surface area contributed by atoms with Crippen molar-refractivity contribution in [3.63, 3.8) is 0 Å². The van der Waals surface area contributed by atoms with Crippen molar-refractivity contribution in [1.29, 1.82) is 0 Å². The van der Waals surface area contributed by atoms with Crippen LogP contribution in [0, 0.1) is 0 Å². The average Bonchev–Trinajstić information content (AvgIpc) is 2.91. The molecule has 2 rings (SSSR count). The van der Waals surface area contributed by atoms with Crippen LogP contribution in [0.1, 0.15) is 45.6 Å². The fraction of sp³-hybridized carbons (Fsp3) is 0.556. The average molecular weight is 334 g/mol. The zero-order valence-corrected chi connectivity index (χ0v) is 14.5. The Morgan fingerprint density at radius 2 is 1.62 bits per heavy atom. The molecule has 2 N–H and O–H groups in total. The van der Waals surface area contributed by atoms with Gasteiger partial charge in [-0.2, -0.15) is 0 Å². The summed E-state index contributed by atoms with van der Waals surface area (Å²) in [5.74, 6) is 0. The molecule has 1 aliphatic carbocycles. The molecular weight excluding hydrogens is 308 g/mol. The van der Waals surface area contributed by atoms with Gasteiger partial charge in [-0.1, -0.05) is 30.3 Å². The highest BCUT2D eigenvalue weighted by Crippen LogP contribution is 2.20. The van der Waals surface area contributed by atoms with Gasteiger partial charge in [0.1, 0.15) is 12.2 Å². The van der Waals surface area contributed by atoms with Crippen molar-refractivity contribution in [1.82, 2.24) is 10.6 Å². The van der Waals surface area contributed by atoms with E-state index in [1.165, 1.54) is 0 Å². The standard InChI is InChI=1S/C18H26N2O4/c1-18(2,3)24-17(22)20-15-11-7-10-14(15)19-16(21)23-12-13-8-5-4-6-9-13/h4-6,8-9,14-15H,7,10-12H2,1-3H3,(H,19,21)(H,20,22)/t14-,15+/m1/s1. The maximum Gasteiger partial charge on any atom is 0.407 e. The third-order valence-electron chi connectivity index (χ3n) is 3.73. The third-order valence-corrected chi connectivity index (χ3v) is 3.73. The van der Waals surface area contributed by atoms with Crippen LogP contribution < -0.4 is 10.6 Å². The molecule has 132 valence electrons. The lowest BCUT2D eigenvalue weighted by atomic mass is 10.2. The molecule has 1 saturated carbocycles. The Morgan fingerprint density at radius 3 is 2.21 bits per heavy atom. The summed E-state index contributed by atoms with van der Waals surface area (Å²) in [6, 6.07) is 9.23. The van der Waals surface area contributed by atoms with Crippen LogP contribution in [0.25, 0.3) is 0 Å². The second-order valence-corrected chi connectivity index (χ2v) is 7.00. The highest BCUT2D eigenvalue weighted by molar-refractivity contribution is 5.70. The molecule has 6 heteroatoms. The fourth-order valence-electron chi connectivity index (χ4n) is 2.68. The minimum Gasteiger partial charge on any atom is -0.445 e. The number of carbonyl (C=O) groups is 2. The normalized spacial score (nSPS) is 20.3. The van der Waals surface area contributed by atoms with Crippen LogP contribution in [0.5, 0.6) is 0 Å². The summed E-state index contributed by atoms with van der Waals surface area (Å²) in [5.41, 5.74) is 0.391. The quantitative estimate of drug-likeness (QED) is 0.885. The zero-order chi connectivity index (χ0) is 17.6. The highest BCUT2D eigenvalue weighted by Gasteiger charge is 2.31. The molecule has 1 aliphatic rings. The lowest BCUT2D eigenvalue weighted by Crippen LogP contribution is -2.49. The van der Waals surface area contributed by atoms with Crippen LogP contribution in [0.15, 0.2) is 30.3 Å². The lowest BCUT2D eigenvalue weighted by Gasteiger charge is -2.25. The van der Waals surface area contributed by atoms with Gasteiger partial charge >= 0.3 is 12.2 Å². The van der Waals surface area contributed by atoms with E-state index in [1.54, 1.807) is 0 Å². The molecular formula is C18H26N2O4. The number of carbonyl (C=O) groups excluding carboxylic acids is 2. The van der Waals surface area contributed by atoms with E-state index >= 15 is 0 Å². The molecule has 6 nitrogen and oxygen atoms in total. The number of hydrogen-bond donors (Lipinski definition) is 2. The van der Waals surface area contributed by atoms with Gasteiger partial charge in [0.15, 0.2) is 0 Å². The zero-order valence-electron chi connectivity index (χ0n) is 14.5. The Bertz CT molecular complexity index is 554. The number of amides is 2. The molecule has 2 atom stereocenters. The third kappa shape index (κ3) is 6.10. The Kier molecular flexibility index (Phi) is 6.06. The van der Waals surface area contributed by atoms with Crippen molar-refractivity contribution in [2.45, 2.75) is 64.3 Å². The smallest absolute Gasteiger partial charge is 0.407 e. The van der Waals surface area contributed by atoms with Crippen LogP contribution in [0.4, 0.5) is 9.59 Å². The van der Waals surface area contributed by atoms with E-state index in [0.29, 0.717) is 0 Å². The molecule has 0 aromatic heterocycles. The molecule has 0 unspecified atom stereocenters. The first kappa shape index (κ1) is 18.1. The summed E-state index contributed by atoms with van der Waals surface area (Å²) in [6.45, 7) is 5.68. The molecule has 24 heavy (non-hydrogen) atoms. The lowest BCUT2D eigenvalue weighted by molar-refractivity contribution is 0.0495. The fourth-order valence-corrected chi connectivity index (χ4v) is 2.68. The number of ether oxygens (including phenoxy) is 2. The van der Waals surface area contributed by atoms with Gasteiger partial charge in [-0.15, -0.1) is 0 Å². The van der Waals surface area contributed by atoms with Gasteiger partial charge in [0.05, 0.1) is 12.1 Å². The molecule has 2 amide bonds. The second kappa shape index (κ2) is 8.04. The predicted molar refractivity (Wildman–Crippen MR) is 90.6 cm³/mol. The van der Waals surface area contributed by atoms with Crippen molar-refractivity contribution < 1.29 is 19.1 Å². The molecule has 0 heterocycles. The summed E-state index contributed by atoms with van der Waals surface area (Å²) in [6.07, 6.45) is 1.62. The Morgan fingerprint density at radius 1 is 1.04 bits per heavy atom. The molecule has 0 bridgehead atoms. The van der Waals surface area contributed by atoms with Crippen LogP contribution in [-0.2, 0) is 16.1 Å². The molecule has 1 aromatic rings. The van der Waals surface area contributed by atoms with Crippen LogP contribution >= 0.6 is 0 Å². The SMILES string of the molecule is CC(C)(C)OC(=O)N[C@H]1CCC[C@H]1NC(=O)OCc1ccccc1. The number of hydrogen-bond acceptors (Lipinski definition) is 4. The highest BCUT2D eigenvalue weighted by atomic mass is 16.6. The van der Waals surface area contributed by atoms with Crippen molar-refractivity contribution in [3.8, 4) is 0 Å². The summed E-state index contributed by atoms with van der Waals surface area (Å²) in [5, 5.41) is 5.67. The van der Waals surface area contributed by atoms with E-state index in [1.807, 2.05) is 51.1 Å². The monoisotopic (exact) mass is 334 g/mol. The predicted octanol–water partition coefficient (Wildman–Crippen LogP) is 3.36.